The molecule has 1 aromatic carbocycles. The highest BCUT2D eigenvalue weighted by Gasteiger charge is 2.27. The van der Waals surface area contributed by atoms with Gasteiger partial charge >= 0.3 is 5.97 Å². The third-order valence-corrected chi connectivity index (χ3v) is 5.08. The number of nitrogens with zero attached hydrogens (tertiary/aromatic N) is 3. The summed E-state index contributed by atoms with van der Waals surface area (Å²) < 4.78 is 5.63. The van der Waals surface area contributed by atoms with E-state index in [0.717, 1.165) is 18.8 Å². The van der Waals surface area contributed by atoms with E-state index in [4.69, 9.17) is 10.00 Å². The Hall–Kier alpha value is -3.60. The largest absolute Gasteiger partial charge is 0.491 e. The molecule has 1 aromatic heterocycles. The zero-order valence-corrected chi connectivity index (χ0v) is 16.5. The van der Waals surface area contributed by atoms with Crippen LogP contribution in [0.5, 0.6) is 5.75 Å². The first-order valence-corrected chi connectivity index (χ1v) is 9.85. The van der Waals surface area contributed by atoms with E-state index in [0.29, 0.717) is 24.2 Å². The fourth-order valence-electron chi connectivity index (χ4n) is 3.49. The summed E-state index contributed by atoms with van der Waals surface area (Å²) in [5.74, 6) is -0.863. The smallest absolute Gasteiger partial charge is 0.305 e. The van der Waals surface area contributed by atoms with Crippen LogP contribution in [-0.2, 0) is 9.59 Å². The lowest BCUT2D eigenvalue weighted by atomic mass is 9.95. The number of carboxylic acid groups (broad SMARTS) is 1. The minimum atomic E-state index is -1.01. The van der Waals surface area contributed by atoms with Crippen molar-refractivity contribution in [1.82, 2.24) is 10.3 Å². The number of carboxylic acids is 1. The molecule has 1 atom stereocenters. The third kappa shape index (κ3) is 5.95. The summed E-state index contributed by atoms with van der Waals surface area (Å²) in [7, 11) is 0. The molecular weight excluding hydrogens is 384 g/mol. The van der Waals surface area contributed by atoms with Crippen molar-refractivity contribution in [1.29, 1.82) is 5.26 Å². The van der Waals surface area contributed by atoms with E-state index < -0.39 is 12.0 Å². The van der Waals surface area contributed by atoms with Crippen LogP contribution in [0.2, 0.25) is 0 Å². The molecular formula is C22H24N4O4. The van der Waals surface area contributed by atoms with E-state index in [9.17, 15) is 14.7 Å². The first-order chi connectivity index (χ1) is 14.5. The number of rotatable bonds is 8. The van der Waals surface area contributed by atoms with Crippen molar-refractivity contribution in [2.45, 2.75) is 25.3 Å². The van der Waals surface area contributed by atoms with Crippen LogP contribution in [-0.4, -0.2) is 47.7 Å². The van der Waals surface area contributed by atoms with Crippen LogP contribution in [0, 0.1) is 17.2 Å². The lowest BCUT2D eigenvalue weighted by Gasteiger charge is -2.33. The zero-order valence-electron chi connectivity index (χ0n) is 16.5. The molecule has 1 unspecified atom stereocenters. The second-order valence-corrected chi connectivity index (χ2v) is 7.22. The number of aliphatic carboxylic acids is 1. The molecule has 2 aromatic rings. The zero-order chi connectivity index (χ0) is 21.3. The summed E-state index contributed by atoms with van der Waals surface area (Å²) in [6.07, 6.45) is 4.64. The van der Waals surface area contributed by atoms with E-state index in [1.54, 1.807) is 36.7 Å². The van der Waals surface area contributed by atoms with Crippen molar-refractivity contribution in [2.75, 3.05) is 24.6 Å². The van der Waals surface area contributed by atoms with Gasteiger partial charge in [0, 0.05) is 37.1 Å². The van der Waals surface area contributed by atoms with Gasteiger partial charge in [-0.15, -0.1) is 0 Å². The molecule has 8 nitrogen and oxygen atoms in total. The van der Waals surface area contributed by atoms with Crippen molar-refractivity contribution in [3.05, 3.63) is 54.4 Å². The Bertz CT molecular complexity index is 905. The fraction of sp³-hybridized carbons (Fsp3) is 0.364. The molecule has 1 amide bonds. The van der Waals surface area contributed by atoms with Crippen LogP contribution in [0.3, 0.4) is 0 Å². The summed E-state index contributed by atoms with van der Waals surface area (Å²) in [5, 5.41) is 21.0. The molecule has 0 bridgehead atoms. The number of piperidine rings is 1. The molecule has 2 heterocycles. The molecule has 0 aliphatic carbocycles. The van der Waals surface area contributed by atoms with Crippen molar-refractivity contribution in [3.8, 4) is 11.8 Å². The number of amides is 1. The van der Waals surface area contributed by atoms with Crippen LogP contribution in [0.25, 0.3) is 0 Å². The molecule has 2 N–H and O–H groups in total. The van der Waals surface area contributed by atoms with Crippen LogP contribution in [0.15, 0.2) is 48.8 Å². The molecule has 1 saturated heterocycles. The third-order valence-electron chi connectivity index (χ3n) is 5.08. The van der Waals surface area contributed by atoms with Gasteiger partial charge in [0.2, 0.25) is 5.91 Å². The van der Waals surface area contributed by atoms with E-state index >= 15 is 0 Å². The van der Waals surface area contributed by atoms with Crippen LogP contribution in [0.4, 0.5) is 5.69 Å². The van der Waals surface area contributed by atoms with E-state index in [-0.39, 0.29) is 24.9 Å². The van der Waals surface area contributed by atoms with Gasteiger partial charge in [0.05, 0.1) is 24.1 Å². The number of carbonyl (C=O) groups excluding carboxylic acids is 1. The van der Waals surface area contributed by atoms with E-state index in [2.05, 4.69) is 15.2 Å². The summed E-state index contributed by atoms with van der Waals surface area (Å²) in [6, 6.07) is 11.9. The predicted octanol–water partition coefficient (Wildman–Crippen LogP) is 2.21. The maximum Gasteiger partial charge on any atom is 0.305 e. The average molecular weight is 408 g/mol. The summed E-state index contributed by atoms with van der Waals surface area (Å²) in [4.78, 5) is 30.2. The molecule has 1 fully saturated rings. The quantitative estimate of drug-likeness (QED) is 0.688. The highest BCUT2D eigenvalue weighted by molar-refractivity contribution is 5.80. The Morgan fingerprint density at radius 2 is 2.00 bits per heavy atom. The maximum absolute atomic E-state index is 12.7. The molecule has 8 heteroatoms. The maximum atomic E-state index is 12.7. The number of nitrogens with one attached hydrogen (secondary N) is 1. The van der Waals surface area contributed by atoms with Crippen molar-refractivity contribution >= 4 is 17.6 Å². The van der Waals surface area contributed by atoms with Gasteiger partial charge in [0.15, 0.2) is 0 Å². The molecule has 0 radical (unpaired) electrons. The standard InChI is InChI=1S/C22H24N4O4/c23-14-16-2-1-3-20(12-16)30-15-18(13-21(27)28)25-22(29)17-6-10-26(11-7-17)19-4-8-24-9-5-19/h1-5,8-9,12,17-18H,6-7,10-11,13,15H2,(H,25,29)(H,27,28). The number of benzene rings is 1. The van der Waals surface area contributed by atoms with Crippen LogP contribution < -0.4 is 15.0 Å². The first kappa shape index (κ1) is 21.1. The lowest BCUT2D eigenvalue weighted by molar-refractivity contribution is -0.138. The highest BCUT2D eigenvalue weighted by Crippen LogP contribution is 2.23. The van der Waals surface area contributed by atoms with Gasteiger partial charge in [-0.05, 0) is 43.2 Å². The van der Waals surface area contributed by atoms with Crippen molar-refractivity contribution in [3.63, 3.8) is 0 Å². The van der Waals surface area contributed by atoms with Gasteiger partial charge in [-0.1, -0.05) is 6.07 Å². The Labute approximate surface area is 175 Å². The molecule has 30 heavy (non-hydrogen) atoms. The van der Waals surface area contributed by atoms with E-state index in [1.165, 1.54) is 0 Å². The second-order valence-electron chi connectivity index (χ2n) is 7.22. The van der Waals surface area contributed by atoms with Crippen LogP contribution >= 0.6 is 0 Å². The number of carbonyl (C=O) groups is 2. The Morgan fingerprint density at radius 3 is 2.67 bits per heavy atom. The molecule has 1 aliphatic rings. The van der Waals surface area contributed by atoms with Gasteiger partial charge in [-0.25, -0.2) is 0 Å². The normalized spacial score (nSPS) is 15.1. The summed E-state index contributed by atoms with van der Waals surface area (Å²) in [6.45, 7) is 1.52. The average Bonchev–Trinajstić information content (AvgIpc) is 2.78. The fourth-order valence-corrected chi connectivity index (χ4v) is 3.49. The Morgan fingerprint density at radius 1 is 1.27 bits per heavy atom. The molecule has 1 aliphatic heterocycles. The molecule has 0 saturated carbocycles. The minimum Gasteiger partial charge on any atom is -0.491 e. The summed E-state index contributed by atoms with van der Waals surface area (Å²) in [5.41, 5.74) is 1.54. The predicted molar refractivity (Wildman–Crippen MR) is 110 cm³/mol. The Balaban J connectivity index is 1.53. The number of nitriles is 1. The van der Waals surface area contributed by atoms with Gasteiger partial charge in [-0.3, -0.25) is 14.6 Å². The highest BCUT2D eigenvalue weighted by atomic mass is 16.5. The number of hydrogen-bond acceptors (Lipinski definition) is 6. The van der Waals surface area contributed by atoms with Crippen molar-refractivity contribution in [2.24, 2.45) is 5.92 Å². The van der Waals surface area contributed by atoms with Gasteiger partial charge in [-0.2, -0.15) is 5.26 Å². The Kier molecular flexibility index (Phi) is 7.22. The van der Waals surface area contributed by atoms with Gasteiger partial charge in [0.1, 0.15) is 12.4 Å². The number of aromatic nitrogens is 1. The SMILES string of the molecule is N#Cc1cccc(OCC(CC(=O)O)NC(=O)C2CCN(c3ccncc3)CC2)c1. The monoisotopic (exact) mass is 408 g/mol. The van der Waals surface area contributed by atoms with Crippen molar-refractivity contribution < 1.29 is 19.4 Å². The number of pyridine rings is 1. The lowest BCUT2D eigenvalue weighted by Crippen LogP contribution is -2.46. The van der Waals surface area contributed by atoms with Gasteiger partial charge < -0.3 is 20.1 Å². The van der Waals surface area contributed by atoms with E-state index in [1.807, 2.05) is 18.2 Å². The van der Waals surface area contributed by atoms with Gasteiger partial charge in [0.25, 0.3) is 0 Å². The number of ether oxygens (including phenoxy) is 1. The topological polar surface area (TPSA) is 116 Å². The second kappa shape index (κ2) is 10.3. The molecule has 0 spiro atoms. The summed E-state index contributed by atoms with van der Waals surface area (Å²) >= 11 is 0. The minimum absolute atomic E-state index is 0.0166. The molecule has 3 rings (SSSR count). The molecule has 156 valence electrons. The number of hydrogen-bond donors (Lipinski definition) is 2. The number of anilines is 1. The van der Waals surface area contributed by atoms with Crippen LogP contribution in [0.1, 0.15) is 24.8 Å². The first-order valence-electron chi connectivity index (χ1n) is 9.85.